The number of hydrogen-bond donors (Lipinski definition) is 1. The van der Waals surface area contributed by atoms with Crippen molar-refractivity contribution >= 4 is 45.9 Å². The molecule has 0 radical (unpaired) electrons. The largest absolute Gasteiger partial charge is 0.462 e. The van der Waals surface area contributed by atoms with E-state index in [2.05, 4.69) is 25.0 Å². The Morgan fingerprint density at radius 2 is 1.94 bits per heavy atom. The number of nitrogens with one attached hydrogen (secondary N) is 1. The molecule has 0 aromatic carbocycles. The fourth-order valence-corrected chi connectivity index (χ4v) is 5.65. The molecule has 0 unspecified atom stereocenters. The van der Waals surface area contributed by atoms with Crippen molar-refractivity contribution in [3.05, 3.63) is 16.0 Å². The molecule has 2 aromatic rings. The van der Waals surface area contributed by atoms with Crippen molar-refractivity contribution in [2.24, 2.45) is 0 Å². The zero-order valence-corrected chi connectivity index (χ0v) is 19.9. The summed E-state index contributed by atoms with van der Waals surface area (Å²) in [6.07, 6.45) is 5.91. The Labute approximate surface area is 190 Å². The van der Waals surface area contributed by atoms with Gasteiger partial charge >= 0.3 is 5.97 Å². The lowest BCUT2D eigenvalue weighted by Crippen LogP contribution is -2.32. The van der Waals surface area contributed by atoms with Crippen LogP contribution in [0.3, 0.4) is 0 Å². The fraction of sp³-hybridized carbons (Fsp3) is 0.619. The number of nitrogens with zero attached hydrogens (tertiary/aromatic N) is 4. The van der Waals surface area contributed by atoms with Gasteiger partial charge in [0.2, 0.25) is 11.9 Å². The Morgan fingerprint density at radius 3 is 2.61 bits per heavy atom. The molecule has 1 saturated carbocycles. The molecule has 1 N–H and O–H groups in total. The van der Waals surface area contributed by atoms with Crippen LogP contribution in [0.5, 0.6) is 0 Å². The molecule has 1 amide bonds. The number of aromatic nitrogens is 3. The topological polar surface area (TPSA) is 89.3 Å². The first-order chi connectivity index (χ1) is 15.0. The molecule has 1 saturated heterocycles. The molecule has 0 atom stereocenters. The van der Waals surface area contributed by atoms with Crippen LogP contribution in [0.25, 0.3) is 0 Å². The van der Waals surface area contributed by atoms with Gasteiger partial charge in [0.05, 0.1) is 17.9 Å². The van der Waals surface area contributed by atoms with E-state index < -0.39 is 5.97 Å². The highest BCUT2D eigenvalue weighted by molar-refractivity contribution is 7.99. The normalized spacial score (nSPS) is 16.4. The molecule has 168 valence electrons. The number of amides is 1. The third-order valence-corrected chi connectivity index (χ3v) is 7.71. The van der Waals surface area contributed by atoms with Gasteiger partial charge in [-0.2, -0.15) is 0 Å². The fourth-order valence-electron chi connectivity index (χ4n) is 3.79. The average Bonchev–Trinajstić information content (AvgIpc) is 3.44. The van der Waals surface area contributed by atoms with Gasteiger partial charge in [0.1, 0.15) is 5.00 Å². The molecule has 1 aliphatic heterocycles. The molecule has 31 heavy (non-hydrogen) atoms. The maximum absolute atomic E-state index is 12.7. The molecule has 2 aromatic heterocycles. The van der Waals surface area contributed by atoms with Crippen LogP contribution in [0.15, 0.2) is 5.16 Å². The first kappa shape index (κ1) is 22.1. The standard InChI is InChI=1S/C21H29N5O3S2/c1-4-29-19(28)17-13(2)14(3)31-18(17)22-16(27)12-30-21-24-23-20(26(21)15-8-9-15)25-10-6-5-7-11-25/h15H,4-12H2,1-3H3,(H,22,27). The Morgan fingerprint density at radius 1 is 1.19 bits per heavy atom. The van der Waals surface area contributed by atoms with E-state index in [9.17, 15) is 9.59 Å². The highest BCUT2D eigenvalue weighted by atomic mass is 32.2. The summed E-state index contributed by atoms with van der Waals surface area (Å²) in [4.78, 5) is 28.4. The summed E-state index contributed by atoms with van der Waals surface area (Å²) in [6, 6.07) is 0.440. The van der Waals surface area contributed by atoms with Crippen LogP contribution < -0.4 is 10.2 Å². The first-order valence-corrected chi connectivity index (χ1v) is 12.7. The summed E-state index contributed by atoms with van der Waals surface area (Å²) >= 11 is 2.81. The predicted octanol–water partition coefficient (Wildman–Crippen LogP) is 4.19. The van der Waals surface area contributed by atoms with Gasteiger partial charge in [-0.05, 0) is 58.4 Å². The predicted molar refractivity (Wildman–Crippen MR) is 123 cm³/mol. The third kappa shape index (κ3) is 4.90. The lowest BCUT2D eigenvalue weighted by atomic mass is 10.1. The second-order valence-corrected chi connectivity index (χ2v) is 10.1. The van der Waals surface area contributed by atoms with Crippen LogP contribution >= 0.6 is 23.1 Å². The number of piperidine rings is 1. The molecule has 3 heterocycles. The van der Waals surface area contributed by atoms with Gasteiger partial charge < -0.3 is 15.0 Å². The molecular weight excluding hydrogens is 434 g/mol. The van der Waals surface area contributed by atoms with Crippen LogP contribution in [0.2, 0.25) is 0 Å². The van der Waals surface area contributed by atoms with Crippen molar-refractivity contribution in [2.45, 2.75) is 64.1 Å². The van der Waals surface area contributed by atoms with Crippen LogP contribution in [0, 0.1) is 13.8 Å². The van der Waals surface area contributed by atoms with Crippen molar-refractivity contribution in [1.29, 1.82) is 0 Å². The summed E-state index contributed by atoms with van der Waals surface area (Å²) in [5.41, 5.74) is 1.31. The Hall–Kier alpha value is -2.07. The van der Waals surface area contributed by atoms with Gasteiger partial charge in [-0.3, -0.25) is 9.36 Å². The van der Waals surface area contributed by atoms with Crippen molar-refractivity contribution in [3.63, 3.8) is 0 Å². The van der Waals surface area contributed by atoms with E-state index in [4.69, 9.17) is 4.74 Å². The van der Waals surface area contributed by atoms with Gasteiger partial charge in [0, 0.05) is 24.0 Å². The zero-order chi connectivity index (χ0) is 22.0. The highest BCUT2D eigenvalue weighted by Crippen LogP contribution is 2.41. The molecule has 1 aliphatic carbocycles. The van der Waals surface area contributed by atoms with Crippen molar-refractivity contribution in [3.8, 4) is 0 Å². The minimum atomic E-state index is -0.396. The smallest absolute Gasteiger partial charge is 0.341 e. The summed E-state index contributed by atoms with van der Waals surface area (Å²) in [5.74, 6) is 0.594. The number of anilines is 2. The Balaban J connectivity index is 1.44. The lowest BCUT2D eigenvalue weighted by Gasteiger charge is -2.27. The number of ether oxygens (including phenoxy) is 1. The van der Waals surface area contributed by atoms with Crippen LogP contribution in [-0.4, -0.2) is 52.1 Å². The molecule has 0 bridgehead atoms. The third-order valence-electron chi connectivity index (χ3n) is 5.65. The maximum Gasteiger partial charge on any atom is 0.341 e. The summed E-state index contributed by atoms with van der Waals surface area (Å²) in [5, 5.41) is 13.1. The number of aryl methyl sites for hydroxylation is 1. The number of carbonyl (C=O) groups is 2. The molecule has 2 aliphatic rings. The Kier molecular flexibility index (Phi) is 6.86. The van der Waals surface area contributed by atoms with E-state index in [0.29, 0.717) is 23.2 Å². The number of hydrogen-bond acceptors (Lipinski definition) is 8. The quantitative estimate of drug-likeness (QED) is 0.464. The van der Waals surface area contributed by atoms with Crippen LogP contribution in [0.1, 0.15) is 65.9 Å². The molecule has 4 rings (SSSR count). The van der Waals surface area contributed by atoms with E-state index >= 15 is 0 Å². The minimum absolute atomic E-state index is 0.165. The molecule has 2 fully saturated rings. The van der Waals surface area contributed by atoms with E-state index in [1.165, 1.54) is 42.4 Å². The van der Waals surface area contributed by atoms with Crippen molar-refractivity contribution in [2.75, 3.05) is 35.7 Å². The maximum atomic E-state index is 12.7. The molecule has 8 nitrogen and oxygen atoms in total. The lowest BCUT2D eigenvalue weighted by molar-refractivity contribution is -0.113. The monoisotopic (exact) mass is 463 g/mol. The number of rotatable bonds is 8. The first-order valence-electron chi connectivity index (χ1n) is 10.9. The number of thiophene rings is 1. The van der Waals surface area contributed by atoms with Gasteiger partial charge in [-0.1, -0.05) is 11.8 Å². The molecule has 0 spiro atoms. The van der Waals surface area contributed by atoms with Crippen LogP contribution in [-0.2, 0) is 9.53 Å². The average molecular weight is 464 g/mol. The van der Waals surface area contributed by atoms with Gasteiger partial charge in [0.25, 0.3) is 0 Å². The van der Waals surface area contributed by atoms with E-state index in [-0.39, 0.29) is 11.7 Å². The summed E-state index contributed by atoms with van der Waals surface area (Å²) < 4.78 is 7.38. The zero-order valence-electron chi connectivity index (χ0n) is 18.3. The summed E-state index contributed by atoms with van der Waals surface area (Å²) in [7, 11) is 0. The van der Waals surface area contributed by atoms with Gasteiger partial charge in [-0.15, -0.1) is 21.5 Å². The SMILES string of the molecule is CCOC(=O)c1c(NC(=O)CSc2nnc(N3CCCCC3)n2C2CC2)sc(C)c1C. The van der Waals surface area contributed by atoms with E-state index in [1.54, 1.807) is 6.92 Å². The second kappa shape index (κ2) is 9.60. The Bertz CT molecular complexity index is 961. The van der Waals surface area contributed by atoms with Gasteiger partial charge in [0.15, 0.2) is 5.16 Å². The van der Waals surface area contributed by atoms with Gasteiger partial charge in [-0.25, -0.2) is 4.79 Å². The number of esters is 1. The minimum Gasteiger partial charge on any atom is -0.462 e. The second-order valence-electron chi connectivity index (χ2n) is 7.98. The molecule has 10 heteroatoms. The number of carbonyl (C=O) groups excluding carboxylic acids is 2. The van der Waals surface area contributed by atoms with Crippen molar-refractivity contribution in [1.82, 2.24) is 14.8 Å². The van der Waals surface area contributed by atoms with Crippen molar-refractivity contribution < 1.29 is 14.3 Å². The summed E-state index contributed by atoms with van der Waals surface area (Å²) in [6.45, 7) is 7.92. The number of thioether (sulfide) groups is 1. The van der Waals surface area contributed by atoms with Crippen LogP contribution in [0.4, 0.5) is 10.9 Å². The highest BCUT2D eigenvalue weighted by Gasteiger charge is 2.32. The molecular formula is C21H29N5O3S2. The van der Waals surface area contributed by atoms with E-state index in [0.717, 1.165) is 47.5 Å². The van der Waals surface area contributed by atoms with E-state index in [1.807, 2.05) is 13.8 Å².